The molecule has 1 saturated heterocycles. The normalized spacial score (nSPS) is 17.4. The molecule has 1 aliphatic rings. The van der Waals surface area contributed by atoms with Gasteiger partial charge in [-0.15, -0.1) is 0 Å². The van der Waals surface area contributed by atoms with Crippen molar-refractivity contribution >= 4 is 11.6 Å². The Kier molecular flexibility index (Phi) is 5.39. The molecule has 0 radical (unpaired) electrons. The van der Waals surface area contributed by atoms with Crippen molar-refractivity contribution in [3.8, 4) is 0 Å². The zero-order chi connectivity index (χ0) is 13.5. The molecule has 0 bridgehead atoms. The number of hydrogen-bond acceptors (Lipinski definition) is 5. The quantitative estimate of drug-likeness (QED) is 0.790. The lowest BCUT2D eigenvalue weighted by molar-refractivity contribution is 0.269. The van der Waals surface area contributed by atoms with Crippen LogP contribution in [-0.2, 0) is 0 Å². The molecule has 5 nitrogen and oxygen atoms in total. The van der Waals surface area contributed by atoms with E-state index in [9.17, 15) is 0 Å². The summed E-state index contributed by atoms with van der Waals surface area (Å²) in [5.74, 6) is 1.70. The van der Waals surface area contributed by atoms with Gasteiger partial charge in [-0.3, -0.25) is 9.88 Å². The van der Waals surface area contributed by atoms with E-state index in [1.54, 1.807) is 12.4 Å². The van der Waals surface area contributed by atoms with Crippen LogP contribution in [0, 0.1) is 0 Å². The molecular weight excluding hydrogens is 238 g/mol. The van der Waals surface area contributed by atoms with Crippen LogP contribution in [-0.4, -0.2) is 47.1 Å². The van der Waals surface area contributed by atoms with Crippen LogP contribution in [0.1, 0.15) is 33.1 Å². The Labute approximate surface area is 115 Å². The topological polar surface area (TPSA) is 53.1 Å². The fourth-order valence-electron chi connectivity index (χ4n) is 2.35. The summed E-state index contributed by atoms with van der Waals surface area (Å²) in [5, 5.41) is 6.64. The molecule has 0 saturated carbocycles. The van der Waals surface area contributed by atoms with Gasteiger partial charge >= 0.3 is 0 Å². The fourth-order valence-corrected chi connectivity index (χ4v) is 2.35. The van der Waals surface area contributed by atoms with Crippen molar-refractivity contribution in [2.24, 2.45) is 0 Å². The van der Waals surface area contributed by atoms with Gasteiger partial charge < -0.3 is 10.6 Å². The van der Waals surface area contributed by atoms with Gasteiger partial charge in [0.1, 0.15) is 11.6 Å². The number of rotatable bonds is 7. The fraction of sp³-hybridized carbons (Fsp3) is 0.714. The van der Waals surface area contributed by atoms with Crippen LogP contribution < -0.4 is 10.6 Å². The molecule has 5 heteroatoms. The molecule has 1 aliphatic heterocycles. The lowest BCUT2D eigenvalue weighted by atomic mass is 10.3. The number of likely N-dealkylation sites (tertiary alicyclic amines) is 1. The predicted molar refractivity (Wildman–Crippen MR) is 79.6 cm³/mol. The SMILES string of the molecule is CCCNc1cncc(NCC(C)N2CCCC2)n1. The Bertz CT molecular complexity index is 376. The summed E-state index contributed by atoms with van der Waals surface area (Å²) in [6, 6.07) is 0.552. The first-order valence-corrected chi connectivity index (χ1v) is 7.33. The molecule has 1 aromatic heterocycles. The van der Waals surface area contributed by atoms with Gasteiger partial charge in [0.2, 0.25) is 0 Å². The predicted octanol–water partition coefficient (Wildman–Crippen LogP) is 2.19. The second-order valence-corrected chi connectivity index (χ2v) is 5.19. The highest BCUT2D eigenvalue weighted by Gasteiger charge is 2.17. The van der Waals surface area contributed by atoms with E-state index in [1.165, 1.54) is 25.9 Å². The second kappa shape index (κ2) is 7.28. The Morgan fingerprint density at radius 1 is 1.21 bits per heavy atom. The molecule has 1 atom stereocenters. The molecule has 2 N–H and O–H groups in total. The first kappa shape index (κ1) is 14.1. The Hall–Kier alpha value is -1.36. The molecule has 1 aromatic rings. The summed E-state index contributed by atoms with van der Waals surface area (Å²) >= 11 is 0. The van der Waals surface area contributed by atoms with Gasteiger partial charge in [-0.2, -0.15) is 0 Å². The van der Waals surface area contributed by atoms with Crippen molar-refractivity contribution in [3.05, 3.63) is 12.4 Å². The molecule has 2 rings (SSSR count). The van der Waals surface area contributed by atoms with Gasteiger partial charge in [-0.1, -0.05) is 6.92 Å². The van der Waals surface area contributed by atoms with Crippen LogP contribution in [0.15, 0.2) is 12.4 Å². The van der Waals surface area contributed by atoms with Gasteiger partial charge in [-0.25, -0.2) is 4.98 Å². The van der Waals surface area contributed by atoms with Crippen molar-refractivity contribution in [2.75, 3.05) is 36.8 Å². The minimum atomic E-state index is 0.552. The molecule has 1 fully saturated rings. The second-order valence-electron chi connectivity index (χ2n) is 5.19. The van der Waals surface area contributed by atoms with Gasteiger partial charge in [0, 0.05) is 19.1 Å². The van der Waals surface area contributed by atoms with E-state index in [-0.39, 0.29) is 0 Å². The monoisotopic (exact) mass is 263 g/mol. The zero-order valence-corrected chi connectivity index (χ0v) is 12.0. The highest BCUT2D eigenvalue weighted by atomic mass is 15.2. The first-order valence-electron chi connectivity index (χ1n) is 7.33. The summed E-state index contributed by atoms with van der Waals surface area (Å²) in [6.45, 7) is 8.72. The zero-order valence-electron chi connectivity index (χ0n) is 12.0. The summed E-state index contributed by atoms with van der Waals surface area (Å²) in [6.07, 6.45) is 7.31. The van der Waals surface area contributed by atoms with Crippen LogP contribution in [0.3, 0.4) is 0 Å². The molecule has 0 aliphatic carbocycles. The lowest BCUT2D eigenvalue weighted by Gasteiger charge is -2.24. The van der Waals surface area contributed by atoms with Crippen LogP contribution in [0.4, 0.5) is 11.6 Å². The van der Waals surface area contributed by atoms with E-state index < -0.39 is 0 Å². The third kappa shape index (κ3) is 4.35. The van der Waals surface area contributed by atoms with Crippen molar-refractivity contribution in [1.82, 2.24) is 14.9 Å². The summed E-state index contributed by atoms with van der Waals surface area (Å²) in [7, 11) is 0. The minimum Gasteiger partial charge on any atom is -0.369 e. The first-order chi connectivity index (χ1) is 9.29. The van der Waals surface area contributed by atoms with E-state index >= 15 is 0 Å². The summed E-state index contributed by atoms with van der Waals surface area (Å²) < 4.78 is 0. The molecule has 2 heterocycles. The summed E-state index contributed by atoms with van der Waals surface area (Å²) in [4.78, 5) is 11.2. The largest absolute Gasteiger partial charge is 0.369 e. The molecular formula is C14H25N5. The molecule has 1 unspecified atom stereocenters. The van der Waals surface area contributed by atoms with Gasteiger partial charge in [-0.05, 0) is 39.3 Å². The molecule has 0 spiro atoms. The van der Waals surface area contributed by atoms with Crippen molar-refractivity contribution in [2.45, 2.75) is 39.2 Å². The third-order valence-corrected chi connectivity index (χ3v) is 3.53. The molecule has 106 valence electrons. The van der Waals surface area contributed by atoms with E-state index in [2.05, 4.69) is 39.3 Å². The maximum atomic E-state index is 4.51. The number of hydrogen-bond donors (Lipinski definition) is 2. The number of nitrogens with zero attached hydrogens (tertiary/aromatic N) is 3. The molecule has 0 amide bonds. The van der Waals surface area contributed by atoms with E-state index in [0.717, 1.165) is 31.1 Å². The lowest BCUT2D eigenvalue weighted by Crippen LogP contribution is -2.35. The third-order valence-electron chi connectivity index (χ3n) is 3.53. The van der Waals surface area contributed by atoms with Gasteiger partial charge in [0.15, 0.2) is 0 Å². The van der Waals surface area contributed by atoms with Crippen LogP contribution in [0.2, 0.25) is 0 Å². The van der Waals surface area contributed by atoms with E-state index in [1.807, 2.05) is 0 Å². The van der Waals surface area contributed by atoms with Crippen LogP contribution >= 0.6 is 0 Å². The van der Waals surface area contributed by atoms with E-state index in [0.29, 0.717) is 6.04 Å². The van der Waals surface area contributed by atoms with Gasteiger partial charge in [0.25, 0.3) is 0 Å². The average molecular weight is 263 g/mol. The summed E-state index contributed by atoms with van der Waals surface area (Å²) in [5.41, 5.74) is 0. The number of nitrogens with one attached hydrogen (secondary N) is 2. The van der Waals surface area contributed by atoms with Crippen molar-refractivity contribution in [1.29, 1.82) is 0 Å². The minimum absolute atomic E-state index is 0.552. The van der Waals surface area contributed by atoms with Crippen molar-refractivity contribution in [3.63, 3.8) is 0 Å². The van der Waals surface area contributed by atoms with E-state index in [4.69, 9.17) is 0 Å². The number of anilines is 2. The highest BCUT2D eigenvalue weighted by molar-refractivity contribution is 5.41. The number of aromatic nitrogens is 2. The Morgan fingerprint density at radius 2 is 1.89 bits per heavy atom. The van der Waals surface area contributed by atoms with Crippen molar-refractivity contribution < 1.29 is 0 Å². The maximum Gasteiger partial charge on any atom is 0.147 e. The average Bonchev–Trinajstić information content (AvgIpc) is 2.97. The Balaban J connectivity index is 1.81. The van der Waals surface area contributed by atoms with Gasteiger partial charge in [0.05, 0.1) is 12.4 Å². The molecule has 19 heavy (non-hydrogen) atoms. The smallest absolute Gasteiger partial charge is 0.147 e. The maximum absolute atomic E-state index is 4.51. The van der Waals surface area contributed by atoms with Crippen LogP contribution in [0.5, 0.6) is 0 Å². The highest BCUT2D eigenvalue weighted by Crippen LogP contribution is 2.12. The standard InChI is InChI=1S/C14H25N5/c1-3-6-16-13-10-15-11-14(18-13)17-9-12(2)19-7-4-5-8-19/h10-12H,3-9H2,1-2H3,(H2,16,17,18). The Morgan fingerprint density at radius 3 is 2.58 bits per heavy atom. The van der Waals surface area contributed by atoms with Crippen LogP contribution in [0.25, 0.3) is 0 Å². The molecule has 0 aromatic carbocycles.